The Morgan fingerprint density at radius 1 is 1.31 bits per heavy atom. The minimum Gasteiger partial charge on any atom is -0.507 e. The molecule has 4 heteroatoms. The van der Waals surface area contributed by atoms with Crippen molar-refractivity contribution in [2.45, 2.75) is 19.9 Å². The van der Waals surface area contributed by atoms with E-state index < -0.39 is 0 Å². The lowest BCUT2D eigenvalue weighted by atomic mass is 10.2. The summed E-state index contributed by atoms with van der Waals surface area (Å²) in [4.78, 5) is 4.32. The number of rotatable bonds is 2. The molecule has 84 valence electrons. The number of phenolic OH excluding ortho intramolecular Hbond substituents is 1. The van der Waals surface area contributed by atoms with Gasteiger partial charge < -0.3 is 9.67 Å². The molecule has 0 radical (unpaired) electrons. The van der Waals surface area contributed by atoms with Crippen LogP contribution in [0.3, 0.4) is 0 Å². The normalized spacial score (nSPS) is 11.0. The second-order valence-electron chi connectivity index (χ2n) is 3.89. The maximum Gasteiger partial charge on any atom is 0.144 e. The molecule has 0 aliphatic rings. The van der Waals surface area contributed by atoms with E-state index in [4.69, 9.17) is 0 Å². The summed E-state index contributed by atoms with van der Waals surface area (Å²) in [5.41, 5.74) is 0.752. The predicted molar refractivity (Wildman–Crippen MR) is 67.4 cm³/mol. The van der Waals surface area contributed by atoms with Gasteiger partial charge in [0.15, 0.2) is 0 Å². The van der Waals surface area contributed by atoms with Gasteiger partial charge in [0.05, 0.1) is 11.8 Å². The van der Waals surface area contributed by atoms with Crippen LogP contribution in [0.5, 0.6) is 5.75 Å². The van der Waals surface area contributed by atoms with Crippen molar-refractivity contribution in [1.82, 2.24) is 9.55 Å². The molecule has 0 saturated carbocycles. The number of aromatic hydroxyl groups is 1. The molecule has 0 spiro atoms. The smallest absolute Gasteiger partial charge is 0.144 e. The molecule has 0 bridgehead atoms. The summed E-state index contributed by atoms with van der Waals surface area (Å²) in [5.74, 6) is 1.03. The van der Waals surface area contributed by atoms with Gasteiger partial charge in [-0.1, -0.05) is 12.1 Å². The van der Waals surface area contributed by atoms with Crippen LogP contribution in [-0.4, -0.2) is 14.7 Å². The fraction of sp³-hybridized carbons (Fsp3) is 0.250. The van der Waals surface area contributed by atoms with Crippen molar-refractivity contribution >= 4 is 15.9 Å². The molecule has 3 nitrogen and oxygen atoms in total. The summed E-state index contributed by atoms with van der Waals surface area (Å²) >= 11 is 3.46. The number of halogens is 1. The Hall–Kier alpha value is -1.29. The lowest BCUT2D eigenvalue weighted by Gasteiger charge is -2.13. The van der Waals surface area contributed by atoms with Gasteiger partial charge in [0.1, 0.15) is 16.2 Å². The van der Waals surface area contributed by atoms with Gasteiger partial charge in [0.25, 0.3) is 0 Å². The molecule has 2 aromatic rings. The third kappa shape index (κ3) is 1.85. The second kappa shape index (κ2) is 4.29. The van der Waals surface area contributed by atoms with E-state index in [0.717, 1.165) is 16.0 Å². The van der Waals surface area contributed by atoms with Crippen molar-refractivity contribution in [3.05, 3.63) is 35.1 Å². The van der Waals surface area contributed by atoms with Crippen LogP contribution in [0.15, 0.2) is 35.1 Å². The molecule has 1 heterocycles. The summed E-state index contributed by atoms with van der Waals surface area (Å²) in [5, 5.41) is 9.81. The standard InChI is InChI=1S/C12H13BrN2O/c1-8(2)15-11(13)7-14-12(15)9-5-3-4-6-10(9)16/h3-8,16H,1-2H3. The molecule has 1 aromatic carbocycles. The molecule has 0 aliphatic heterocycles. The Balaban J connectivity index is 2.61. The quantitative estimate of drug-likeness (QED) is 0.913. The van der Waals surface area contributed by atoms with Gasteiger partial charge in [-0.05, 0) is 41.9 Å². The van der Waals surface area contributed by atoms with E-state index in [-0.39, 0.29) is 11.8 Å². The van der Waals surface area contributed by atoms with Crippen LogP contribution in [0.25, 0.3) is 11.4 Å². The number of aromatic nitrogens is 2. The van der Waals surface area contributed by atoms with Gasteiger partial charge >= 0.3 is 0 Å². The Labute approximate surface area is 103 Å². The first-order chi connectivity index (χ1) is 7.61. The Bertz CT molecular complexity index is 505. The fourth-order valence-electron chi connectivity index (χ4n) is 1.69. The first-order valence-electron chi connectivity index (χ1n) is 5.12. The van der Waals surface area contributed by atoms with Gasteiger partial charge in [-0.15, -0.1) is 0 Å². The van der Waals surface area contributed by atoms with Crippen LogP contribution < -0.4 is 0 Å². The molecular weight excluding hydrogens is 268 g/mol. The van der Waals surface area contributed by atoms with E-state index in [1.165, 1.54) is 0 Å². The molecule has 1 N–H and O–H groups in total. The zero-order chi connectivity index (χ0) is 11.7. The first-order valence-corrected chi connectivity index (χ1v) is 5.91. The van der Waals surface area contributed by atoms with Crippen molar-refractivity contribution in [2.24, 2.45) is 0 Å². The summed E-state index contributed by atoms with van der Waals surface area (Å²) in [6, 6.07) is 7.51. The van der Waals surface area contributed by atoms with E-state index in [1.807, 2.05) is 16.7 Å². The number of hydrogen-bond acceptors (Lipinski definition) is 2. The van der Waals surface area contributed by atoms with E-state index in [1.54, 1.807) is 18.3 Å². The van der Waals surface area contributed by atoms with Crippen LogP contribution >= 0.6 is 15.9 Å². The maximum atomic E-state index is 9.81. The molecular formula is C12H13BrN2O. The lowest BCUT2D eigenvalue weighted by Crippen LogP contribution is -2.03. The van der Waals surface area contributed by atoms with Crippen LogP contribution in [0, 0.1) is 0 Å². The van der Waals surface area contributed by atoms with Gasteiger partial charge in [-0.3, -0.25) is 0 Å². The molecule has 0 amide bonds. The second-order valence-corrected chi connectivity index (χ2v) is 4.70. The zero-order valence-corrected chi connectivity index (χ0v) is 10.8. The number of para-hydroxylation sites is 1. The summed E-state index contributed by atoms with van der Waals surface area (Å²) in [6.45, 7) is 4.16. The van der Waals surface area contributed by atoms with Crippen molar-refractivity contribution < 1.29 is 5.11 Å². The zero-order valence-electron chi connectivity index (χ0n) is 9.18. The van der Waals surface area contributed by atoms with Gasteiger partial charge in [0.2, 0.25) is 0 Å². The molecule has 0 fully saturated rings. The molecule has 0 atom stereocenters. The molecule has 0 saturated heterocycles. The Morgan fingerprint density at radius 2 is 2.00 bits per heavy atom. The highest BCUT2D eigenvalue weighted by molar-refractivity contribution is 9.10. The number of hydrogen-bond donors (Lipinski definition) is 1. The molecule has 0 unspecified atom stereocenters. The van der Waals surface area contributed by atoms with Crippen LogP contribution in [0.1, 0.15) is 19.9 Å². The monoisotopic (exact) mass is 280 g/mol. The van der Waals surface area contributed by atoms with Crippen LogP contribution in [0.4, 0.5) is 0 Å². The van der Waals surface area contributed by atoms with Gasteiger partial charge in [-0.25, -0.2) is 4.98 Å². The lowest BCUT2D eigenvalue weighted by molar-refractivity contribution is 0.475. The molecule has 0 aliphatic carbocycles. The minimum atomic E-state index is 0.252. The number of benzene rings is 1. The summed E-state index contributed by atoms with van der Waals surface area (Å²) in [6.07, 6.45) is 1.75. The topological polar surface area (TPSA) is 38.0 Å². The summed E-state index contributed by atoms with van der Waals surface area (Å²) < 4.78 is 2.95. The van der Waals surface area contributed by atoms with E-state index in [0.29, 0.717) is 0 Å². The van der Waals surface area contributed by atoms with Gasteiger partial charge in [-0.2, -0.15) is 0 Å². The minimum absolute atomic E-state index is 0.252. The van der Waals surface area contributed by atoms with Crippen LogP contribution in [0.2, 0.25) is 0 Å². The number of imidazole rings is 1. The highest BCUT2D eigenvalue weighted by Gasteiger charge is 2.14. The predicted octanol–water partition coefficient (Wildman–Crippen LogP) is 3.60. The number of nitrogens with zero attached hydrogens (tertiary/aromatic N) is 2. The third-order valence-corrected chi connectivity index (χ3v) is 3.00. The largest absolute Gasteiger partial charge is 0.507 e. The highest BCUT2D eigenvalue weighted by atomic mass is 79.9. The van der Waals surface area contributed by atoms with Crippen LogP contribution in [-0.2, 0) is 0 Å². The van der Waals surface area contributed by atoms with Gasteiger partial charge in [0, 0.05) is 6.04 Å². The van der Waals surface area contributed by atoms with Crippen molar-refractivity contribution in [1.29, 1.82) is 0 Å². The number of phenols is 1. The molecule has 16 heavy (non-hydrogen) atoms. The third-order valence-electron chi connectivity index (χ3n) is 2.41. The Morgan fingerprint density at radius 3 is 2.62 bits per heavy atom. The van der Waals surface area contributed by atoms with E-state index in [9.17, 15) is 5.11 Å². The van der Waals surface area contributed by atoms with Crippen molar-refractivity contribution in [3.8, 4) is 17.1 Å². The highest BCUT2D eigenvalue weighted by Crippen LogP contribution is 2.31. The summed E-state index contributed by atoms with van der Waals surface area (Å²) in [7, 11) is 0. The Kier molecular flexibility index (Phi) is 3.01. The average Bonchev–Trinajstić information content (AvgIpc) is 2.61. The van der Waals surface area contributed by atoms with E-state index >= 15 is 0 Å². The molecule has 2 rings (SSSR count). The first kappa shape index (κ1) is 11.2. The van der Waals surface area contributed by atoms with Crippen molar-refractivity contribution in [2.75, 3.05) is 0 Å². The molecule has 1 aromatic heterocycles. The maximum absolute atomic E-state index is 9.81. The van der Waals surface area contributed by atoms with Crippen molar-refractivity contribution in [3.63, 3.8) is 0 Å². The SMILES string of the molecule is CC(C)n1c(Br)cnc1-c1ccccc1O. The average molecular weight is 281 g/mol. The fourth-order valence-corrected chi connectivity index (χ4v) is 2.37. The van der Waals surface area contributed by atoms with E-state index in [2.05, 4.69) is 34.8 Å².